The molecule has 0 aliphatic rings. The number of carbonyl (C=O) groups is 1. The van der Waals surface area contributed by atoms with E-state index in [0.717, 1.165) is 22.8 Å². The van der Waals surface area contributed by atoms with Crippen molar-refractivity contribution >= 4 is 17.3 Å². The predicted octanol–water partition coefficient (Wildman–Crippen LogP) is 3.93. The van der Waals surface area contributed by atoms with Crippen molar-refractivity contribution in [3.05, 3.63) is 53.6 Å². The summed E-state index contributed by atoms with van der Waals surface area (Å²) in [5.74, 6) is 0.825. The molecule has 0 radical (unpaired) electrons. The zero-order valence-corrected chi connectivity index (χ0v) is 10.4. The van der Waals surface area contributed by atoms with Gasteiger partial charge >= 0.3 is 0 Å². The lowest BCUT2D eigenvalue weighted by Gasteiger charge is -2.02. The van der Waals surface area contributed by atoms with E-state index in [9.17, 15) is 9.90 Å². The van der Waals surface area contributed by atoms with Crippen LogP contribution in [0.15, 0.2) is 46.9 Å². The maximum Gasteiger partial charge on any atom is 0.150 e. The van der Waals surface area contributed by atoms with E-state index in [4.69, 9.17) is 4.42 Å². The number of phenols is 1. The third-order valence-corrected chi connectivity index (χ3v) is 3.10. The van der Waals surface area contributed by atoms with E-state index in [1.165, 1.54) is 0 Å². The van der Waals surface area contributed by atoms with Crippen LogP contribution in [0.1, 0.15) is 15.9 Å². The summed E-state index contributed by atoms with van der Waals surface area (Å²) in [7, 11) is 0. The summed E-state index contributed by atoms with van der Waals surface area (Å²) in [6.07, 6.45) is 0.819. The van der Waals surface area contributed by atoms with Crippen LogP contribution in [0.2, 0.25) is 0 Å². The molecule has 94 valence electrons. The molecule has 0 atom stereocenters. The van der Waals surface area contributed by atoms with Crippen molar-refractivity contribution in [2.24, 2.45) is 0 Å². The first-order chi connectivity index (χ1) is 9.17. The Balaban J connectivity index is 2.24. The molecule has 1 aromatic heterocycles. The fourth-order valence-corrected chi connectivity index (χ4v) is 2.15. The van der Waals surface area contributed by atoms with Crippen molar-refractivity contribution in [3.8, 4) is 17.1 Å². The second-order valence-corrected chi connectivity index (χ2v) is 4.54. The Morgan fingerprint density at radius 3 is 2.74 bits per heavy atom. The van der Waals surface area contributed by atoms with Crippen LogP contribution in [0.3, 0.4) is 0 Å². The van der Waals surface area contributed by atoms with Crippen molar-refractivity contribution in [2.45, 2.75) is 6.92 Å². The summed E-state index contributed by atoms with van der Waals surface area (Å²) in [5, 5.41) is 10.3. The molecule has 0 amide bonds. The minimum atomic E-state index is 0.194. The van der Waals surface area contributed by atoms with Crippen LogP contribution in [-0.2, 0) is 0 Å². The Labute approximate surface area is 110 Å². The number of phenolic OH excluding ortho intramolecular Hbond substituents is 1. The maximum absolute atomic E-state index is 11.1. The van der Waals surface area contributed by atoms with Crippen molar-refractivity contribution in [1.29, 1.82) is 0 Å². The number of aldehydes is 1. The highest BCUT2D eigenvalue weighted by Gasteiger charge is 2.11. The zero-order valence-electron chi connectivity index (χ0n) is 10.4. The van der Waals surface area contributed by atoms with Crippen LogP contribution in [-0.4, -0.2) is 11.4 Å². The number of aryl methyl sites for hydroxylation is 1. The molecule has 3 nitrogen and oxygen atoms in total. The molecule has 0 fully saturated rings. The number of carbonyl (C=O) groups excluding carboxylic acids is 1. The topological polar surface area (TPSA) is 50.4 Å². The molecule has 19 heavy (non-hydrogen) atoms. The molecule has 3 rings (SSSR count). The molecule has 1 heterocycles. The fourth-order valence-electron chi connectivity index (χ4n) is 2.15. The van der Waals surface area contributed by atoms with Crippen LogP contribution < -0.4 is 0 Å². The first-order valence-electron chi connectivity index (χ1n) is 5.96. The Bertz CT molecular complexity index is 769. The number of fused-ring (bicyclic) bond motifs is 1. The molecule has 0 unspecified atom stereocenters. The Morgan fingerprint density at radius 1 is 1.11 bits per heavy atom. The third kappa shape index (κ3) is 1.99. The minimum absolute atomic E-state index is 0.194. The van der Waals surface area contributed by atoms with Crippen molar-refractivity contribution in [1.82, 2.24) is 0 Å². The molecule has 3 aromatic rings. The predicted molar refractivity (Wildman–Crippen MR) is 73.4 cm³/mol. The number of rotatable bonds is 2. The molecular weight excluding hydrogens is 240 g/mol. The number of aromatic hydroxyl groups is 1. The average Bonchev–Trinajstić information content (AvgIpc) is 2.81. The number of hydrogen-bond acceptors (Lipinski definition) is 3. The van der Waals surface area contributed by atoms with E-state index in [0.29, 0.717) is 16.9 Å². The number of benzene rings is 2. The third-order valence-electron chi connectivity index (χ3n) is 3.10. The lowest BCUT2D eigenvalue weighted by Crippen LogP contribution is -1.87. The smallest absolute Gasteiger partial charge is 0.150 e. The van der Waals surface area contributed by atoms with Crippen molar-refractivity contribution < 1.29 is 14.3 Å². The van der Waals surface area contributed by atoms with Gasteiger partial charge in [0.05, 0.1) is 0 Å². The molecule has 0 spiro atoms. The highest BCUT2D eigenvalue weighted by molar-refractivity contribution is 5.90. The van der Waals surface area contributed by atoms with E-state index >= 15 is 0 Å². The number of hydrogen-bond donors (Lipinski definition) is 1. The van der Waals surface area contributed by atoms with Gasteiger partial charge in [0, 0.05) is 16.5 Å². The maximum atomic E-state index is 11.1. The van der Waals surface area contributed by atoms with E-state index in [2.05, 4.69) is 0 Å². The standard InChI is InChI=1S/C16H12O3/c1-10-2-3-11(9-17)14(6-10)16-8-12-7-13(18)4-5-15(12)19-16/h2-9,18H,1H3. The van der Waals surface area contributed by atoms with Gasteiger partial charge in [-0.25, -0.2) is 0 Å². The van der Waals surface area contributed by atoms with Gasteiger partial charge in [-0.15, -0.1) is 0 Å². The van der Waals surface area contributed by atoms with E-state index in [1.807, 2.05) is 25.1 Å². The number of furan rings is 1. The lowest BCUT2D eigenvalue weighted by atomic mass is 10.0. The van der Waals surface area contributed by atoms with Crippen molar-refractivity contribution in [3.63, 3.8) is 0 Å². The molecular formula is C16H12O3. The Morgan fingerprint density at radius 2 is 1.95 bits per heavy atom. The Hall–Kier alpha value is -2.55. The summed E-state index contributed by atoms with van der Waals surface area (Å²) < 4.78 is 5.74. The molecule has 3 heteroatoms. The van der Waals surface area contributed by atoms with E-state index in [-0.39, 0.29) is 5.75 Å². The SMILES string of the molecule is Cc1ccc(C=O)c(-c2cc3cc(O)ccc3o2)c1. The summed E-state index contributed by atoms with van der Waals surface area (Å²) in [6.45, 7) is 1.96. The van der Waals surface area contributed by atoms with Gasteiger partial charge in [0.25, 0.3) is 0 Å². The van der Waals surface area contributed by atoms with Gasteiger partial charge < -0.3 is 9.52 Å². The monoisotopic (exact) mass is 252 g/mol. The second-order valence-electron chi connectivity index (χ2n) is 4.54. The largest absolute Gasteiger partial charge is 0.508 e. The second kappa shape index (κ2) is 4.28. The van der Waals surface area contributed by atoms with Gasteiger partial charge in [-0.3, -0.25) is 4.79 Å². The van der Waals surface area contributed by atoms with E-state index in [1.54, 1.807) is 24.3 Å². The normalized spacial score (nSPS) is 10.8. The molecule has 0 aliphatic carbocycles. The first-order valence-corrected chi connectivity index (χ1v) is 5.96. The van der Waals surface area contributed by atoms with Crippen LogP contribution >= 0.6 is 0 Å². The van der Waals surface area contributed by atoms with Gasteiger partial charge in [-0.05, 0) is 37.3 Å². The molecule has 0 saturated carbocycles. The Kier molecular flexibility index (Phi) is 2.60. The van der Waals surface area contributed by atoms with Crippen LogP contribution in [0, 0.1) is 6.92 Å². The van der Waals surface area contributed by atoms with Gasteiger partial charge in [0.2, 0.25) is 0 Å². The van der Waals surface area contributed by atoms with Crippen LogP contribution in [0.4, 0.5) is 0 Å². The average molecular weight is 252 g/mol. The summed E-state index contributed by atoms with van der Waals surface area (Å²) in [6, 6.07) is 12.3. The minimum Gasteiger partial charge on any atom is -0.508 e. The van der Waals surface area contributed by atoms with Gasteiger partial charge in [0.1, 0.15) is 17.1 Å². The summed E-state index contributed by atoms with van der Waals surface area (Å²) in [5.41, 5.74) is 3.11. The van der Waals surface area contributed by atoms with Gasteiger partial charge in [0.15, 0.2) is 6.29 Å². The quantitative estimate of drug-likeness (QED) is 0.703. The highest BCUT2D eigenvalue weighted by Crippen LogP contribution is 2.31. The summed E-state index contributed by atoms with van der Waals surface area (Å²) >= 11 is 0. The van der Waals surface area contributed by atoms with Gasteiger partial charge in [-0.1, -0.05) is 17.7 Å². The van der Waals surface area contributed by atoms with Gasteiger partial charge in [-0.2, -0.15) is 0 Å². The first kappa shape index (κ1) is 11.5. The lowest BCUT2D eigenvalue weighted by molar-refractivity contribution is 0.112. The summed E-state index contributed by atoms with van der Waals surface area (Å²) in [4.78, 5) is 11.1. The molecule has 2 aromatic carbocycles. The van der Waals surface area contributed by atoms with E-state index < -0.39 is 0 Å². The van der Waals surface area contributed by atoms with Crippen LogP contribution in [0.25, 0.3) is 22.3 Å². The molecule has 1 N–H and O–H groups in total. The van der Waals surface area contributed by atoms with Crippen molar-refractivity contribution in [2.75, 3.05) is 0 Å². The molecule has 0 saturated heterocycles. The van der Waals surface area contributed by atoms with Crippen LogP contribution in [0.5, 0.6) is 5.75 Å². The fraction of sp³-hybridized carbons (Fsp3) is 0.0625. The molecule has 0 aliphatic heterocycles. The zero-order chi connectivity index (χ0) is 13.4. The highest BCUT2D eigenvalue weighted by atomic mass is 16.3. The molecule has 0 bridgehead atoms.